The van der Waals surface area contributed by atoms with Gasteiger partial charge in [-0.25, -0.2) is 12.8 Å². The first-order valence-corrected chi connectivity index (χ1v) is 11.5. The second-order valence-corrected chi connectivity index (χ2v) is 10.9. The lowest BCUT2D eigenvalue weighted by molar-refractivity contribution is 0.185. The Morgan fingerprint density at radius 1 is 1.08 bits per heavy atom. The predicted octanol–water partition coefficient (Wildman–Crippen LogP) is 3.02. The summed E-state index contributed by atoms with van der Waals surface area (Å²) >= 11 is 0. The third-order valence-corrected chi connectivity index (χ3v) is 9.25. The molecular formula is C20H27FN2O2S. The topological polar surface area (TPSA) is 40.6 Å². The van der Waals surface area contributed by atoms with Gasteiger partial charge in [-0.05, 0) is 61.1 Å². The summed E-state index contributed by atoms with van der Waals surface area (Å²) in [5.74, 6) is 1.20. The molecule has 0 aromatic heterocycles. The van der Waals surface area contributed by atoms with Gasteiger partial charge in [0, 0.05) is 26.2 Å². The van der Waals surface area contributed by atoms with Crippen molar-refractivity contribution in [1.82, 2.24) is 9.21 Å². The van der Waals surface area contributed by atoms with Gasteiger partial charge in [-0.3, -0.25) is 0 Å². The van der Waals surface area contributed by atoms with Crippen molar-refractivity contribution in [2.45, 2.75) is 43.4 Å². The van der Waals surface area contributed by atoms with Crippen LogP contribution in [-0.2, 0) is 10.0 Å². The number of fused-ring (bicyclic) bond motifs is 1. The molecule has 26 heavy (non-hydrogen) atoms. The first kappa shape index (κ1) is 17.1. The molecule has 2 heterocycles. The van der Waals surface area contributed by atoms with Crippen LogP contribution < -0.4 is 0 Å². The fourth-order valence-electron chi connectivity index (χ4n) is 5.21. The van der Waals surface area contributed by atoms with E-state index in [1.54, 1.807) is 10.4 Å². The highest BCUT2D eigenvalue weighted by Crippen LogP contribution is 2.49. The van der Waals surface area contributed by atoms with Crippen LogP contribution in [0.2, 0.25) is 0 Å². The van der Waals surface area contributed by atoms with E-state index < -0.39 is 10.0 Å². The molecule has 3 atom stereocenters. The predicted molar refractivity (Wildman–Crippen MR) is 98.5 cm³/mol. The molecule has 5 rings (SSSR count). The molecule has 0 bridgehead atoms. The van der Waals surface area contributed by atoms with Crippen LogP contribution in [0.1, 0.15) is 43.7 Å². The molecule has 142 valence electrons. The Bertz CT molecular complexity index is 791. The molecule has 6 heteroatoms. The first-order valence-electron chi connectivity index (χ1n) is 10.0. The van der Waals surface area contributed by atoms with E-state index >= 15 is 0 Å². The third-order valence-electron chi connectivity index (χ3n) is 6.90. The Labute approximate surface area is 155 Å². The molecule has 1 aromatic carbocycles. The molecule has 4 fully saturated rings. The summed E-state index contributed by atoms with van der Waals surface area (Å²) in [7, 11) is -3.26. The zero-order valence-electron chi connectivity index (χ0n) is 15.1. The van der Waals surface area contributed by atoms with Crippen LogP contribution in [0.15, 0.2) is 24.3 Å². The molecule has 4 nitrogen and oxygen atoms in total. The van der Waals surface area contributed by atoms with Crippen LogP contribution in [0.4, 0.5) is 4.39 Å². The summed E-state index contributed by atoms with van der Waals surface area (Å²) in [5, 5.41) is -0.205. The van der Waals surface area contributed by atoms with Crippen LogP contribution >= 0.6 is 0 Å². The lowest BCUT2D eigenvalue weighted by Gasteiger charge is -2.32. The summed E-state index contributed by atoms with van der Waals surface area (Å²) in [6.07, 6.45) is 5.57. The fourth-order valence-corrected chi connectivity index (χ4v) is 7.32. The number of benzene rings is 1. The van der Waals surface area contributed by atoms with Gasteiger partial charge in [0.25, 0.3) is 0 Å². The molecule has 0 N–H and O–H groups in total. The summed E-state index contributed by atoms with van der Waals surface area (Å²) in [6, 6.07) is 6.39. The Morgan fingerprint density at radius 2 is 1.88 bits per heavy atom. The van der Waals surface area contributed by atoms with Gasteiger partial charge in [0.1, 0.15) is 5.82 Å². The van der Waals surface area contributed by atoms with E-state index in [4.69, 9.17) is 0 Å². The summed E-state index contributed by atoms with van der Waals surface area (Å²) in [5.41, 5.74) is 0.826. The van der Waals surface area contributed by atoms with E-state index in [0.29, 0.717) is 12.5 Å². The molecule has 2 aliphatic heterocycles. The fraction of sp³-hybridized carbons (Fsp3) is 0.700. The van der Waals surface area contributed by atoms with Crippen molar-refractivity contribution in [2.75, 3.05) is 26.2 Å². The van der Waals surface area contributed by atoms with Gasteiger partial charge in [-0.15, -0.1) is 0 Å². The van der Waals surface area contributed by atoms with Crippen molar-refractivity contribution < 1.29 is 12.8 Å². The minimum atomic E-state index is -3.26. The molecule has 2 aliphatic carbocycles. The normalized spacial score (nSPS) is 33.3. The highest BCUT2D eigenvalue weighted by Gasteiger charge is 2.54. The van der Waals surface area contributed by atoms with Crippen molar-refractivity contribution in [1.29, 1.82) is 0 Å². The van der Waals surface area contributed by atoms with Crippen molar-refractivity contribution in [2.24, 2.45) is 17.8 Å². The van der Waals surface area contributed by atoms with E-state index in [9.17, 15) is 12.8 Å². The quantitative estimate of drug-likeness (QED) is 0.791. The van der Waals surface area contributed by atoms with Crippen molar-refractivity contribution in [3.05, 3.63) is 35.6 Å². The average Bonchev–Trinajstić information content (AvgIpc) is 3.26. The maximum absolute atomic E-state index is 13.9. The first-order chi connectivity index (χ1) is 12.5. The molecule has 1 aromatic rings. The molecular weight excluding hydrogens is 351 g/mol. The van der Waals surface area contributed by atoms with E-state index in [0.717, 1.165) is 44.0 Å². The molecule has 0 unspecified atom stereocenters. The van der Waals surface area contributed by atoms with E-state index in [-0.39, 0.29) is 23.0 Å². The Morgan fingerprint density at radius 3 is 2.54 bits per heavy atom. The van der Waals surface area contributed by atoms with Gasteiger partial charge in [0.05, 0.1) is 11.3 Å². The van der Waals surface area contributed by atoms with Crippen LogP contribution in [0.5, 0.6) is 0 Å². The third kappa shape index (κ3) is 2.90. The van der Waals surface area contributed by atoms with Crippen LogP contribution in [0, 0.1) is 23.6 Å². The van der Waals surface area contributed by atoms with Crippen LogP contribution in [0.25, 0.3) is 0 Å². The number of hydrogen-bond acceptors (Lipinski definition) is 3. The highest BCUT2D eigenvalue weighted by atomic mass is 32.2. The van der Waals surface area contributed by atoms with Gasteiger partial charge in [0.2, 0.25) is 10.0 Å². The minimum Gasteiger partial charge on any atom is -0.302 e. The number of hydrogen-bond donors (Lipinski definition) is 0. The minimum absolute atomic E-state index is 0.201. The monoisotopic (exact) mass is 378 g/mol. The average molecular weight is 379 g/mol. The van der Waals surface area contributed by atoms with Gasteiger partial charge in [-0.2, -0.15) is 4.31 Å². The molecule has 2 saturated heterocycles. The highest BCUT2D eigenvalue weighted by molar-refractivity contribution is 7.90. The van der Waals surface area contributed by atoms with Crippen molar-refractivity contribution >= 4 is 10.0 Å². The molecule has 0 amide bonds. The maximum atomic E-state index is 13.9. The molecule has 4 aliphatic rings. The largest absolute Gasteiger partial charge is 0.302 e. The molecule has 0 spiro atoms. The maximum Gasteiger partial charge on any atom is 0.217 e. The van der Waals surface area contributed by atoms with E-state index in [1.807, 2.05) is 6.07 Å². The lowest BCUT2D eigenvalue weighted by Crippen LogP contribution is -2.39. The van der Waals surface area contributed by atoms with Crippen LogP contribution in [0.3, 0.4) is 0 Å². The van der Waals surface area contributed by atoms with Crippen molar-refractivity contribution in [3.8, 4) is 0 Å². The zero-order chi connectivity index (χ0) is 17.9. The van der Waals surface area contributed by atoms with Gasteiger partial charge in [0.15, 0.2) is 0 Å². The number of rotatable bonds is 5. The Kier molecular flexibility index (Phi) is 4.14. The lowest BCUT2D eigenvalue weighted by atomic mass is 9.85. The Hall–Kier alpha value is -0.980. The van der Waals surface area contributed by atoms with Crippen molar-refractivity contribution in [3.63, 3.8) is 0 Å². The zero-order valence-corrected chi connectivity index (χ0v) is 15.9. The SMILES string of the molecule is O=S(=O)(C1CC1)N1C[C@@H]2CN(CC3CCC3)C[C@@H]2[C@H]1c1cccc(F)c1. The summed E-state index contributed by atoms with van der Waals surface area (Å²) < 4.78 is 41.7. The number of likely N-dealkylation sites (tertiary alicyclic amines) is 1. The van der Waals surface area contributed by atoms with Gasteiger partial charge in [-0.1, -0.05) is 18.6 Å². The standard InChI is InChI=1S/C20H27FN2O2S/c21-17-6-2-5-15(9-17)20-19-13-22(10-14-3-1-4-14)11-16(19)12-23(20)26(24,25)18-7-8-18/h2,5-6,9,14,16,18-20H,1,3-4,7-8,10-13H2/t16-,19-,20+/m0/s1. The van der Waals surface area contributed by atoms with E-state index in [2.05, 4.69) is 4.90 Å². The van der Waals surface area contributed by atoms with E-state index in [1.165, 1.54) is 31.4 Å². The summed E-state index contributed by atoms with van der Waals surface area (Å²) in [4.78, 5) is 2.53. The van der Waals surface area contributed by atoms with Crippen LogP contribution in [-0.4, -0.2) is 49.1 Å². The number of halogens is 1. The second kappa shape index (κ2) is 6.28. The molecule has 2 saturated carbocycles. The van der Waals surface area contributed by atoms with Gasteiger partial charge < -0.3 is 4.90 Å². The number of nitrogens with zero attached hydrogens (tertiary/aromatic N) is 2. The summed E-state index contributed by atoms with van der Waals surface area (Å²) in [6.45, 7) is 3.69. The smallest absolute Gasteiger partial charge is 0.217 e. The van der Waals surface area contributed by atoms with Gasteiger partial charge >= 0.3 is 0 Å². The second-order valence-electron chi connectivity index (χ2n) is 8.75. The Balaban J connectivity index is 1.43. The number of sulfonamides is 1. The molecule has 0 radical (unpaired) electrons.